The number of aromatic amines is 1. The van der Waals surface area contributed by atoms with Crippen molar-refractivity contribution in [3.63, 3.8) is 0 Å². The van der Waals surface area contributed by atoms with Gasteiger partial charge in [0.05, 0.1) is 16.8 Å². The molecule has 6 nitrogen and oxygen atoms in total. The molecule has 2 aromatic heterocycles. The van der Waals surface area contributed by atoms with Gasteiger partial charge >= 0.3 is 0 Å². The van der Waals surface area contributed by atoms with Crippen LogP contribution in [0.15, 0.2) is 12.4 Å². The molecule has 2 fully saturated rings. The van der Waals surface area contributed by atoms with Gasteiger partial charge in [0.15, 0.2) is 0 Å². The molecular formula is C19H29N5O. The molecule has 136 valence electrons. The first-order valence-corrected chi connectivity index (χ1v) is 9.51. The zero-order valence-corrected chi connectivity index (χ0v) is 15.1. The summed E-state index contributed by atoms with van der Waals surface area (Å²) >= 11 is 0. The van der Waals surface area contributed by atoms with E-state index in [4.69, 9.17) is 15.5 Å². The van der Waals surface area contributed by atoms with E-state index in [9.17, 15) is 0 Å². The summed E-state index contributed by atoms with van der Waals surface area (Å²) in [6.07, 6.45) is 9.97. The molecule has 6 heteroatoms. The van der Waals surface area contributed by atoms with Gasteiger partial charge in [0, 0.05) is 51.8 Å². The van der Waals surface area contributed by atoms with Gasteiger partial charge in [-0.1, -0.05) is 0 Å². The maximum atomic E-state index is 6.28. The number of anilines is 2. The number of hydrogen-bond acceptors (Lipinski definition) is 5. The first-order chi connectivity index (χ1) is 12.3. The Morgan fingerprint density at radius 2 is 2.28 bits per heavy atom. The molecule has 0 aromatic carbocycles. The van der Waals surface area contributed by atoms with Crippen molar-refractivity contribution in [3.8, 4) is 0 Å². The number of nitrogens with zero attached hydrogens (tertiary/aromatic N) is 2. The Labute approximate surface area is 149 Å². The number of methoxy groups -OCH3 is 1. The number of pyridine rings is 1. The van der Waals surface area contributed by atoms with Crippen molar-refractivity contribution < 1.29 is 4.74 Å². The predicted octanol–water partition coefficient (Wildman–Crippen LogP) is 2.82. The van der Waals surface area contributed by atoms with E-state index in [2.05, 4.69) is 27.6 Å². The fourth-order valence-corrected chi connectivity index (χ4v) is 3.92. The molecule has 0 radical (unpaired) electrons. The minimum absolute atomic E-state index is 0.265. The largest absolute Gasteiger partial charge is 0.385 e. The Kier molecular flexibility index (Phi) is 4.81. The Morgan fingerprint density at radius 1 is 1.40 bits per heavy atom. The van der Waals surface area contributed by atoms with Crippen molar-refractivity contribution in [2.24, 2.45) is 5.73 Å². The van der Waals surface area contributed by atoms with Crippen LogP contribution in [0.5, 0.6) is 0 Å². The second-order valence-electron chi connectivity index (χ2n) is 7.38. The zero-order valence-electron chi connectivity index (χ0n) is 15.1. The molecule has 1 aliphatic heterocycles. The molecule has 3 heterocycles. The number of H-pyrrole nitrogens is 1. The number of hydrogen-bond donors (Lipinski definition) is 3. The van der Waals surface area contributed by atoms with Crippen molar-refractivity contribution in [1.82, 2.24) is 9.97 Å². The van der Waals surface area contributed by atoms with Crippen LogP contribution in [0.4, 0.5) is 11.4 Å². The minimum Gasteiger partial charge on any atom is -0.385 e. The van der Waals surface area contributed by atoms with Crippen LogP contribution in [0, 0.1) is 0 Å². The molecule has 1 saturated heterocycles. The van der Waals surface area contributed by atoms with Crippen LogP contribution in [0.1, 0.15) is 43.6 Å². The Hall–Kier alpha value is -1.79. The fourth-order valence-electron chi connectivity index (χ4n) is 3.92. The van der Waals surface area contributed by atoms with Crippen molar-refractivity contribution in [2.75, 3.05) is 43.6 Å². The first-order valence-electron chi connectivity index (χ1n) is 9.51. The quantitative estimate of drug-likeness (QED) is 0.674. The average Bonchev–Trinajstić information content (AvgIpc) is 3.39. The third-order valence-corrected chi connectivity index (χ3v) is 5.33. The molecule has 4 N–H and O–H groups in total. The van der Waals surface area contributed by atoms with Gasteiger partial charge in [0.25, 0.3) is 0 Å². The number of ether oxygens (including phenoxy) is 1. The lowest BCUT2D eigenvalue weighted by atomic mass is 10.0. The lowest BCUT2D eigenvalue weighted by Gasteiger charge is -2.34. The normalized spacial score (nSPS) is 21.0. The highest BCUT2D eigenvalue weighted by Gasteiger charge is 2.31. The average molecular weight is 343 g/mol. The maximum absolute atomic E-state index is 6.28. The van der Waals surface area contributed by atoms with Gasteiger partial charge in [-0.05, 0) is 43.6 Å². The summed E-state index contributed by atoms with van der Waals surface area (Å²) in [5, 5.41) is 4.80. The highest BCUT2D eigenvalue weighted by molar-refractivity contribution is 6.02. The maximum Gasteiger partial charge on any atom is 0.141 e. The van der Waals surface area contributed by atoms with Crippen LogP contribution < -0.4 is 16.0 Å². The summed E-state index contributed by atoms with van der Waals surface area (Å²) in [6, 6.07) is 0.265. The smallest absolute Gasteiger partial charge is 0.141 e. The van der Waals surface area contributed by atoms with Crippen molar-refractivity contribution in [1.29, 1.82) is 0 Å². The SMILES string of the molecule is COCCCNc1c[nH]c2ncc(C3CC3)c(N3CCC[C@@H](N)C3)c12. The number of nitrogens with two attached hydrogens (primary N) is 1. The monoisotopic (exact) mass is 343 g/mol. The van der Waals surface area contributed by atoms with Crippen molar-refractivity contribution in [3.05, 3.63) is 18.0 Å². The highest BCUT2D eigenvalue weighted by atomic mass is 16.5. The topological polar surface area (TPSA) is 79.2 Å². The Balaban J connectivity index is 1.71. The molecular weight excluding hydrogens is 314 g/mol. The molecule has 2 aromatic rings. The molecule has 0 unspecified atom stereocenters. The van der Waals surface area contributed by atoms with Crippen LogP contribution in [0.25, 0.3) is 11.0 Å². The number of fused-ring (bicyclic) bond motifs is 1. The fraction of sp³-hybridized carbons (Fsp3) is 0.632. The van der Waals surface area contributed by atoms with E-state index in [-0.39, 0.29) is 6.04 Å². The van der Waals surface area contributed by atoms with E-state index < -0.39 is 0 Å². The third kappa shape index (κ3) is 3.46. The first kappa shape index (κ1) is 16.7. The van der Waals surface area contributed by atoms with Crippen LogP contribution in [0.3, 0.4) is 0 Å². The molecule has 25 heavy (non-hydrogen) atoms. The standard InChI is InChI=1S/C19H29N5O/c1-25-9-3-7-21-16-11-23-19-17(16)18(15(10-22-19)13-5-6-13)24-8-2-4-14(20)12-24/h10-11,13-14,21H,2-9,12,20H2,1H3,(H,22,23)/t14-/m1/s1. The van der Waals surface area contributed by atoms with E-state index in [0.29, 0.717) is 5.92 Å². The Bertz CT molecular complexity index is 724. The molecule has 4 rings (SSSR count). The van der Waals surface area contributed by atoms with Crippen molar-refractivity contribution in [2.45, 2.75) is 44.1 Å². The van der Waals surface area contributed by atoms with Crippen molar-refractivity contribution >= 4 is 22.4 Å². The summed E-state index contributed by atoms with van der Waals surface area (Å²) in [4.78, 5) is 10.5. The van der Waals surface area contributed by atoms with Gasteiger partial charge in [-0.2, -0.15) is 0 Å². The summed E-state index contributed by atoms with van der Waals surface area (Å²) < 4.78 is 5.16. The van der Waals surface area contributed by atoms with Gasteiger partial charge in [0.2, 0.25) is 0 Å². The molecule has 1 aliphatic carbocycles. The van der Waals surface area contributed by atoms with E-state index >= 15 is 0 Å². The van der Waals surface area contributed by atoms with Crippen LogP contribution in [-0.2, 0) is 4.74 Å². The number of piperidine rings is 1. The number of nitrogens with one attached hydrogen (secondary N) is 2. The van der Waals surface area contributed by atoms with Crippen LogP contribution in [0.2, 0.25) is 0 Å². The van der Waals surface area contributed by atoms with E-state index in [1.165, 1.54) is 29.5 Å². The Morgan fingerprint density at radius 3 is 3.04 bits per heavy atom. The second kappa shape index (κ2) is 7.22. The van der Waals surface area contributed by atoms with Gasteiger partial charge in [-0.25, -0.2) is 4.98 Å². The lowest BCUT2D eigenvalue weighted by Crippen LogP contribution is -2.43. The number of aromatic nitrogens is 2. The lowest BCUT2D eigenvalue weighted by molar-refractivity contribution is 0.198. The van der Waals surface area contributed by atoms with Crippen LogP contribution >= 0.6 is 0 Å². The summed E-state index contributed by atoms with van der Waals surface area (Å²) in [5.41, 5.74) is 11.2. The van der Waals surface area contributed by atoms with Gasteiger partial charge in [-0.15, -0.1) is 0 Å². The zero-order chi connectivity index (χ0) is 17.2. The third-order valence-electron chi connectivity index (χ3n) is 5.33. The molecule has 1 atom stereocenters. The van der Waals surface area contributed by atoms with E-state index in [1.807, 2.05) is 0 Å². The predicted molar refractivity (Wildman–Crippen MR) is 102 cm³/mol. The summed E-state index contributed by atoms with van der Waals surface area (Å²) in [6.45, 7) is 3.69. The summed E-state index contributed by atoms with van der Waals surface area (Å²) in [5.74, 6) is 0.668. The van der Waals surface area contributed by atoms with E-state index in [0.717, 1.165) is 56.8 Å². The molecule has 1 saturated carbocycles. The molecule has 0 spiro atoms. The minimum atomic E-state index is 0.265. The second-order valence-corrected chi connectivity index (χ2v) is 7.38. The van der Waals surface area contributed by atoms with E-state index in [1.54, 1.807) is 7.11 Å². The highest BCUT2D eigenvalue weighted by Crippen LogP contribution is 2.48. The summed E-state index contributed by atoms with van der Waals surface area (Å²) in [7, 11) is 1.75. The van der Waals surface area contributed by atoms with Crippen LogP contribution in [-0.4, -0.2) is 49.4 Å². The van der Waals surface area contributed by atoms with Gasteiger partial charge in [0.1, 0.15) is 5.65 Å². The molecule has 0 bridgehead atoms. The van der Waals surface area contributed by atoms with Gasteiger partial charge < -0.3 is 25.7 Å². The number of rotatable bonds is 7. The molecule has 2 aliphatic rings. The molecule has 0 amide bonds. The van der Waals surface area contributed by atoms with Gasteiger partial charge in [-0.3, -0.25) is 0 Å².